The molecule has 0 saturated carbocycles. The average molecular weight is 238 g/mol. The maximum Gasteiger partial charge on any atom is 0.0962 e. The van der Waals surface area contributed by atoms with Crippen molar-refractivity contribution in [3.05, 3.63) is 23.9 Å². The third-order valence-electron chi connectivity index (χ3n) is 2.69. The Hall–Kier alpha value is -0.580. The molecule has 0 radical (unpaired) electrons. The Bertz CT molecular complexity index is 309. The zero-order valence-electron chi connectivity index (χ0n) is 9.39. The predicted molar refractivity (Wildman–Crippen MR) is 66.7 cm³/mol. The van der Waals surface area contributed by atoms with Gasteiger partial charge in [-0.25, -0.2) is 4.98 Å². The fraction of sp³-hybridized carbons (Fsp3) is 0.583. The van der Waals surface area contributed by atoms with Crippen molar-refractivity contribution in [1.29, 1.82) is 0 Å². The highest BCUT2D eigenvalue weighted by atomic mass is 32.2. The molecule has 0 aliphatic carbocycles. The number of thioether (sulfide) groups is 1. The van der Waals surface area contributed by atoms with Crippen LogP contribution < -0.4 is 5.73 Å². The van der Waals surface area contributed by atoms with E-state index in [0.29, 0.717) is 11.8 Å². The number of hydrogen-bond donors (Lipinski definition) is 1. The molecule has 0 bridgehead atoms. The van der Waals surface area contributed by atoms with E-state index in [0.717, 1.165) is 37.5 Å². The molecule has 1 aromatic rings. The molecule has 0 amide bonds. The fourth-order valence-corrected chi connectivity index (χ4v) is 2.79. The summed E-state index contributed by atoms with van der Waals surface area (Å²) in [5, 5.41) is 1.79. The Labute approximate surface area is 101 Å². The number of hydrogen-bond acceptors (Lipinski definition) is 4. The third-order valence-corrected chi connectivity index (χ3v) is 3.97. The van der Waals surface area contributed by atoms with Crippen LogP contribution in [0.1, 0.15) is 18.4 Å². The second-order valence-corrected chi connectivity index (χ2v) is 5.29. The minimum Gasteiger partial charge on any atom is -0.381 e. The average Bonchev–Trinajstić information content (AvgIpc) is 2.33. The molecule has 0 spiro atoms. The van der Waals surface area contributed by atoms with Crippen LogP contribution in [0.2, 0.25) is 0 Å². The van der Waals surface area contributed by atoms with Crippen LogP contribution in [0.5, 0.6) is 0 Å². The van der Waals surface area contributed by atoms with Crippen molar-refractivity contribution in [2.75, 3.05) is 19.8 Å². The number of rotatable bonds is 4. The Morgan fingerprint density at radius 3 is 2.81 bits per heavy atom. The van der Waals surface area contributed by atoms with Crippen LogP contribution in [0, 0.1) is 0 Å². The molecule has 1 aromatic heterocycles. The van der Waals surface area contributed by atoms with Gasteiger partial charge in [-0.15, -0.1) is 11.8 Å². The molecule has 2 rings (SSSR count). The molecule has 88 valence electrons. The van der Waals surface area contributed by atoms with E-state index in [9.17, 15) is 0 Å². The Kier molecular flexibility index (Phi) is 4.63. The lowest BCUT2D eigenvalue weighted by atomic mass is 10.2. The second-order valence-electron chi connectivity index (χ2n) is 3.97. The smallest absolute Gasteiger partial charge is 0.0962 e. The summed E-state index contributed by atoms with van der Waals surface area (Å²) >= 11 is 1.87. The van der Waals surface area contributed by atoms with Crippen molar-refractivity contribution in [3.8, 4) is 0 Å². The van der Waals surface area contributed by atoms with Crippen molar-refractivity contribution in [2.24, 2.45) is 5.73 Å². The van der Waals surface area contributed by atoms with Crippen molar-refractivity contribution >= 4 is 11.8 Å². The van der Waals surface area contributed by atoms with Crippen LogP contribution >= 0.6 is 11.8 Å². The van der Waals surface area contributed by atoms with E-state index in [4.69, 9.17) is 10.5 Å². The van der Waals surface area contributed by atoms with E-state index < -0.39 is 0 Å². The van der Waals surface area contributed by atoms with Gasteiger partial charge in [0.15, 0.2) is 0 Å². The lowest BCUT2D eigenvalue weighted by Gasteiger charge is -2.20. The lowest BCUT2D eigenvalue weighted by molar-refractivity contribution is 0.1000. The van der Waals surface area contributed by atoms with Crippen LogP contribution in [0.15, 0.2) is 23.4 Å². The molecule has 0 atom stereocenters. The Balaban J connectivity index is 1.88. The SMILES string of the molecule is NCCc1ccc(SC2CCOCC2)nc1. The first-order chi connectivity index (χ1) is 7.88. The van der Waals surface area contributed by atoms with Crippen molar-refractivity contribution in [2.45, 2.75) is 29.5 Å². The van der Waals surface area contributed by atoms with Gasteiger partial charge in [-0.1, -0.05) is 6.07 Å². The highest BCUT2D eigenvalue weighted by Gasteiger charge is 2.15. The number of aromatic nitrogens is 1. The number of nitrogens with zero attached hydrogens (tertiary/aromatic N) is 1. The largest absolute Gasteiger partial charge is 0.381 e. The summed E-state index contributed by atoms with van der Waals surface area (Å²) in [4.78, 5) is 4.46. The zero-order valence-corrected chi connectivity index (χ0v) is 10.2. The Morgan fingerprint density at radius 1 is 1.38 bits per heavy atom. The molecular weight excluding hydrogens is 220 g/mol. The van der Waals surface area contributed by atoms with Crippen molar-refractivity contribution in [1.82, 2.24) is 4.98 Å². The molecule has 1 saturated heterocycles. The molecule has 3 nitrogen and oxygen atoms in total. The van der Waals surface area contributed by atoms with Crippen molar-refractivity contribution in [3.63, 3.8) is 0 Å². The van der Waals surface area contributed by atoms with Crippen LogP contribution in [0.3, 0.4) is 0 Å². The second kappa shape index (κ2) is 6.23. The first kappa shape index (κ1) is 11.9. The zero-order chi connectivity index (χ0) is 11.2. The third kappa shape index (κ3) is 3.47. The van der Waals surface area contributed by atoms with Gasteiger partial charge in [-0.3, -0.25) is 0 Å². The van der Waals surface area contributed by atoms with Gasteiger partial charge in [0.05, 0.1) is 5.03 Å². The first-order valence-corrected chi connectivity index (χ1v) is 6.66. The maximum atomic E-state index is 5.50. The molecule has 1 aliphatic heterocycles. The van der Waals surface area contributed by atoms with Gasteiger partial charge in [-0.2, -0.15) is 0 Å². The minimum atomic E-state index is 0.668. The summed E-state index contributed by atoms with van der Waals surface area (Å²) in [5.41, 5.74) is 6.72. The monoisotopic (exact) mass is 238 g/mol. The molecule has 2 N–H and O–H groups in total. The summed E-state index contributed by atoms with van der Waals surface area (Å²) < 4.78 is 5.34. The summed E-state index contributed by atoms with van der Waals surface area (Å²) in [7, 11) is 0. The van der Waals surface area contributed by atoms with Gasteiger partial charge < -0.3 is 10.5 Å². The van der Waals surface area contributed by atoms with Gasteiger partial charge in [-0.05, 0) is 37.4 Å². The van der Waals surface area contributed by atoms with Crippen LogP contribution in [-0.4, -0.2) is 30.0 Å². The number of ether oxygens (including phenoxy) is 1. The minimum absolute atomic E-state index is 0.668. The highest BCUT2D eigenvalue weighted by molar-refractivity contribution is 7.99. The van der Waals surface area contributed by atoms with Gasteiger partial charge in [0, 0.05) is 24.7 Å². The molecule has 1 aliphatic rings. The summed E-state index contributed by atoms with van der Waals surface area (Å²) in [6.07, 6.45) is 5.12. The molecule has 4 heteroatoms. The maximum absolute atomic E-state index is 5.50. The topological polar surface area (TPSA) is 48.1 Å². The fourth-order valence-electron chi connectivity index (χ4n) is 1.76. The molecule has 0 aromatic carbocycles. The van der Waals surface area contributed by atoms with Crippen LogP contribution in [0.4, 0.5) is 0 Å². The van der Waals surface area contributed by atoms with Crippen molar-refractivity contribution < 1.29 is 4.74 Å². The van der Waals surface area contributed by atoms with E-state index in [-0.39, 0.29) is 0 Å². The molecule has 0 unspecified atom stereocenters. The summed E-state index contributed by atoms with van der Waals surface area (Å²) in [6.45, 7) is 2.47. The van der Waals surface area contributed by atoms with Gasteiger partial charge >= 0.3 is 0 Å². The number of pyridine rings is 1. The summed E-state index contributed by atoms with van der Waals surface area (Å²) in [5.74, 6) is 0. The van der Waals surface area contributed by atoms with Gasteiger partial charge in [0.1, 0.15) is 0 Å². The Morgan fingerprint density at radius 2 is 2.19 bits per heavy atom. The predicted octanol–water partition coefficient (Wildman–Crippen LogP) is 1.85. The lowest BCUT2D eigenvalue weighted by Crippen LogP contribution is -2.17. The quantitative estimate of drug-likeness (QED) is 0.869. The molecule has 2 heterocycles. The van der Waals surface area contributed by atoms with E-state index in [1.54, 1.807) is 0 Å². The highest BCUT2D eigenvalue weighted by Crippen LogP contribution is 2.28. The van der Waals surface area contributed by atoms with Gasteiger partial charge in [0.25, 0.3) is 0 Å². The molecular formula is C12H18N2OS. The first-order valence-electron chi connectivity index (χ1n) is 5.78. The normalized spacial score (nSPS) is 17.6. The van der Waals surface area contributed by atoms with E-state index >= 15 is 0 Å². The number of nitrogens with two attached hydrogens (primary N) is 1. The molecule has 1 fully saturated rings. The van der Waals surface area contributed by atoms with E-state index in [1.807, 2.05) is 18.0 Å². The van der Waals surface area contributed by atoms with E-state index in [2.05, 4.69) is 17.1 Å². The van der Waals surface area contributed by atoms with Crippen LogP contribution in [0.25, 0.3) is 0 Å². The molecule has 16 heavy (non-hydrogen) atoms. The van der Waals surface area contributed by atoms with Gasteiger partial charge in [0.2, 0.25) is 0 Å². The van der Waals surface area contributed by atoms with E-state index in [1.165, 1.54) is 5.56 Å². The van der Waals surface area contributed by atoms with Crippen LogP contribution in [-0.2, 0) is 11.2 Å². The summed E-state index contributed by atoms with van der Waals surface area (Å²) in [6, 6.07) is 4.23. The standard InChI is InChI=1S/C12H18N2OS/c13-6-3-10-1-2-12(14-9-10)16-11-4-7-15-8-5-11/h1-2,9,11H,3-8,13H2.